The smallest absolute Gasteiger partial charge is 0.184 e. The van der Waals surface area contributed by atoms with Crippen LogP contribution in [-0.4, -0.2) is 54.6 Å². The van der Waals surface area contributed by atoms with E-state index in [1.54, 1.807) is 0 Å². The van der Waals surface area contributed by atoms with Crippen LogP contribution in [0, 0.1) is 0 Å². The van der Waals surface area contributed by atoms with Crippen LogP contribution in [0.5, 0.6) is 0 Å². The van der Waals surface area contributed by atoms with Gasteiger partial charge < -0.3 is 29.2 Å². The summed E-state index contributed by atoms with van der Waals surface area (Å²) >= 11 is 0. The molecular weight excluding hydrogens is 264 g/mol. The molecule has 0 spiro atoms. The molecule has 0 saturated carbocycles. The van der Waals surface area contributed by atoms with Gasteiger partial charge in [-0.05, 0) is 0 Å². The molecule has 6 heteroatoms. The van der Waals surface area contributed by atoms with Gasteiger partial charge in [-0.25, -0.2) is 0 Å². The molecule has 1 aromatic carbocycles. The molecule has 0 radical (unpaired) electrons. The third-order valence-electron chi connectivity index (χ3n) is 3.67. The Kier molecular flexibility index (Phi) is 4.02. The van der Waals surface area contributed by atoms with Crippen molar-refractivity contribution < 1.29 is 29.2 Å². The number of hydrogen-bond donors (Lipinski definition) is 2. The van der Waals surface area contributed by atoms with Gasteiger partial charge in [-0.15, -0.1) is 0 Å². The number of aliphatic hydroxyl groups excluding tert-OH is 2. The lowest BCUT2D eigenvalue weighted by atomic mass is 9.98. The molecule has 2 aliphatic rings. The first kappa shape index (κ1) is 13.9. The van der Waals surface area contributed by atoms with Crippen LogP contribution >= 0.6 is 0 Å². The lowest BCUT2D eigenvalue weighted by Gasteiger charge is -2.46. The molecule has 110 valence electrons. The van der Waals surface area contributed by atoms with Crippen molar-refractivity contribution in [3.05, 3.63) is 35.9 Å². The highest BCUT2D eigenvalue weighted by atomic mass is 16.7. The third-order valence-corrected chi connectivity index (χ3v) is 3.67. The average Bonchev–Trinajstić information content (AvgIpc) is 2.48. The largest absolute Gasteiger partial charge is 0.387 e. The fourth-order valence-corrected chi connectivity index (χ4v) is 2.62. The van der Waals surface area contributed by atoms with E-state index < -0.39 is 37.0 Å². The minimum atomic E-state index is -1.18. The van der Waals surface area contributed by atoms with Gasteiger partial charge in [0.25, 0.3) is 0 Å². The molecule has 6 nitrogen and oxygen atoms in total. The van der Waals surface area contributed by atoms with Gasteiger partial charge in [-0.1, -0.05) is 30.3 Å². The minimum Gasteiger partial charge on any atom is -0.387 e. The van der Waals surface area contributed by atoms with E-state index in [9.17, 15) is 10.2 Å². The number of ether oxygens (including phenoxy) is 4. The van der Waals surface area contributed by atoms with Crippen LogP contribution in [0.15, 0.2) is 30.3 Å². The molecule has 20 heavy (non-hydrogen) atoms. The summed E-state index contributed by atoms with van der Waals surface area (Å²) in [5.74, 6) is 0. The van der Waals surface area contributed by atoms with E-state index in [1.807, 2.05) is 30.3 Å². The predicted octanol–water partition coefficient (Wildman–Crippen LogP) is 0.194. The van der Waals surface area contributed by atoms with Gasteiger partial charge in [0, 0.05) is 12.7 Å². The van der Waals surface area contributed by atoms with Gasteiger partial charge in [0.1, 0.15) is 24.4 Å². The Bertz CT molecular complexity index is 439. The maximum Gasteiger partial charge on any atom is 0.184 e. The van der Waals surface area contributed by atoms with E-state index in [1.165, 1.54) is 7.11 Å². The summed E-state index contributed by atoms with van der Waals surface area (Å²) in [4.78, 5) is 0. The normalized spacial score (nSPS) is 41.1. The summed E-state index contributed by atoms with van der Waals surface area (Å²) in [5.41, 5.74) is 0.873. The predicted molar refractivity (Wildman–Crippen MR) is 67.7 cm³/mol. The zero-order chi connectivity index (χ0) is 14.1. The number of benzene rings is 1. The highest BCUT2D eigenvalue weighted by molar-refractivity contribution is 5.16. The molecule has 2 aliphatic heterocycles. The van der Waals surface area contributed by atoms with Crippen LogP contribution in [-0.2, 0) is 18.9 Å². The highest BCUT2D eigenvalue weighted by Crippen LogP contribution is 2.34. The van der Waals surface area contributed by atoms with Crippen LogP contribution in [0.3, 0.4) is 0 Å². The molecule has 0 aromatic heterocycles. The van der Waals surface area contributed by atoms with Crippen molar-refractivity contribution in [2.24, 2.45) is 0 Å². The van der Waals surface area contributed by atoms with E-state index in [2.05, 4.69) is 0 Å². The molecule has 1 aromatic rings. The van der Waals surface area contributed by atoms with Gasteiger partial charge in [-0.3, -0.25) is 0 Å². The Labute approximate surface area is 116 Å². The van der Waals surface area contributed by atoms with Crippen LogP contribution < -0.4 is 0 Å². The van der Waals surface area contributed by atoms with Crippen molar-refractivity contribution in [2.45, 2.75) is 37.0 Å². The maximum atomic E-state index is 10.3. The van der Waals surface area contributed by atoms with Crippen molar-refractivity contribution in [1.82, 2.24) is 0 Å². The standard InChI is InChI=1S/C14H18O6/c1-17-12-10(15)11-9(19-13(12)16)7-18-14(20-11)8-5-3-2-4-6-8/h2-6,9-16H,7H2,1H3/t9-,10+,11-,12-,13+,14-/m1/s1. The van der Waals surface area contributed by atoms with Gasteiger partial charge in [0.05, 0.1) is 6.61 Å². The Morgan fingerprint density at radius 2 is 1.90 bits per heavy atom. The lowest BCUT2D eigenvalue weighted by molar-refractivity contribution is -0.357. The number of aliphatic hydroxyl groups is 2. The van der Waals surface area contributed by atoms with Crippen molar-refractivity contribution in [1.29, 1.82) is 0 Å². The third kappa shape index (κ3) is 2.46. The Balaban J connectivity index is 1.75. The topological polar surface area (TPSA) is 77.4 Å². The van der Waals surface area contributed by atoms with E-state index in [0.717, 1.165) is 5.56 Å². The summed E-state index contributed by atoms with van der Waals surface area (Å²) in [7, 11) is 1.41. The summed E-state index contributed by atoms with van der Waals surface area (Å²) in [5, 5.41) is 20.0. The van der Waals surface area contributed by atoms with Gasteiger partial charge in [-0.2, -0.15) is 0 Å². The van der Waals surface area contributed by atoms with E-state index >= 15 is 0 Å². The van der Waals surface area contributed by atoms with E-state index in [0.29, 0.717) is 0 Å². The Morgan fingerprint density at radius 1 is 1.15 bits per heavy atom. The molecule has 0 bridgehead atoms. The molecular formula is C14H18O6. The second-order valence-electron chi connectivity index (χ2n) is 4.93. The quantitative estimate of drug-likeness (QED) is 0.806. The van der Waals surface area contributed by atoms with Crippen LogP contribution in [0.1, 0.15) is 11.9 Å². The second-order valence-corrected chi connectivity index (χ2v) is 4.93. The van der Waals surface area contributed by atoms with Crippen LogP contribution in [0.25, 0.3) is 0 Å². The molecule has 0 unspecified atom stereocenters. The lowest BCUT2D eigenvalue weighted by Crippen LogP contribution is -2.62. The molecule has 0 amide bonds. The van der Waals surface area contributed by atoms with Crippen molar-refractivity contribution >= 4 is 0 Å². The number of methoxy groups -OCH3 is 1. The minimum absolute atomic E-state index is 0.245. The van der Waals surface area contributed by atoms with E-state index in [-0.39, 0.29) is 6.61 Å². The Hall–Kier alpha value is -1.02. The highest BCUT2D eigenvalue weighted by Gasteiger charge is 2.49. The van der Waals surface area contributed by atoms with Crippen molar-refractivity contribution in [3.8, 4) is 0 Å². The summed E-state index contributed by atoms with van der Waals surface area (Å²) in [6, 6.07) is 9.48. The van der Waals surface area contributed by atoms with E-state index in [4.69, 9.17) is 18.9 Å². The Morgan fingerprint density at radius 3 is 2.60 bits per heavy atom. The molecule has 2 N–H and O–H groups in total. The first-order chi connectivity index (χ1) is 9.70. The second kappa shape index (κ2) is 5.77. The molecule has 2 fully saturated rings. The fraction of sp³-hybridized carbons (Fsp3) is 0.571. The summed E-state index contributed by atoms with van der Waals surface area (Å²) in [6.07, 6.45) is -4.64. The molecule has 0 aliphatic carbocycles. The fourth-order valence-electron chi connectivity index (χ4n) is 2.62. The first-order valence-corrected chi connectivity index (χ1v) is 6.57. The molecule has 3 rings (SSSR count). The van der Waals surface area contributed by atoms with Gasteiger partial charge in [0.2, 0.25) is 0 Å². The van der Waals surface area contributed by atoms with Gasteiger partial charge in [0.15, 0.2) is 12.6 Å². The average molecular weight is 282 g/mol. The van der Waals surface area contributed by atoms with Crippen molar-refractivity contribution in [2.75, 3.05) is 13.7 Å². The molecule has 2 saturated heterocycles. The number of hydrogen-bond acceptors (Lipinski definition) is 6. The zero-order valence-corrected chi connectivity index (χ0v) is 11.1. The first-order valence-electron chi connectivity index (χ1n) is 6.57. The summed E-state index contributed by atoms with van der Waals surface area (Å²) in [6.45, 7) is 0.245. The SMILES string of the molecule is CO[C@@H]1[C@@H](O)[C@@H]2O[C@H](c3ccccc3)OC[C@H]2O[C@@H]1O. The monoisotopic (exact) mass is 282 g/mol. The van der Waals surface area contributed by atoms with Crippen LogP contribution in [0.2, 0.25) is 0 Å². The molecule has 6 atom stereocenters. The maximum absolute atomic E-state index is 10.3. The zero-order valence-electron chi connectivity index (χ0n) is 11.1. The number of fused-ring (bicyclic) bond motifs is 1. The summed E-state index contributed by atoms with van der Waals surface area (Å²) < 4.78 is 21.8. The van der Waals surface area contributed by atoms with Crippen molar-refractivity contribution in [3.63, 3.8) is 0 Å². The van der Waals surface area contributed by atoms with Crippen LogP contribution in [0.4, 0.5) is 0 Å². The van der Waals surface area contributed by atoms with Gasteiger partial charge >= 0.3 is 0 Å². The molecule has 2 heterocycles. The number of rotatable bonds is 2.